The minimum Gasteiger partial charge on any atom is -0.278 e. The Morgan fingerprint density at radius 2 is 2.00 bits per heavy atom. The first-order valence-electron chi connectivity index (χ1n) is 2.89. The Hall–Kier alpha value is 0.140. The first-order valence-corrected chi connectivity index (χ1v) is 6.40. The summed E-state index contributed by atoms with van der Waals surface area (Å²) in [5.74, 6) is -9.27. The zero-order valence-corrected chi connectivity index (χ0v) is 8.39. The Balaban J connectivity index is 4.34. The van der Waals surface area contributed by atoms with E-state index < -0.39 is 24.2 Å². The molecule has 12 heavy (non-hydrogen) atoms. The van der Waals surface area contributed by atoms with Crippen molar-refractivity contribution in [3.63, 3.8) is 0 Å². The van der Waals surface area contributed by atoms with Gasteiger partial charge in [-0.2, -0.15) is 8.78 Å². The molecule has 0 aliphatic carbocycles. The lowest BCUT2D eigenvalue weighted by Crippen LogP contribution is -2.36. The predicted molar refractivity (Wildman–Crippen MR) is 42.7 cm³/mol. The molecule has 0 aromatic carbocycles. The van der Waals surface area contributed by atoms with Crippen LogP contribution in [0.2, 0.25) is 0 Å². The number of carbonyl (C=O) groups excluding carboxylic acids is 1. The van der Waals surface area contributed by atoms with Crippen molar-refractivity contribution in [1.29, 1.82) is 0 Å². The largest absolute Gasteiger partial charge is 0.345 e. The van der Waals surface area contributed by atoms with Gasteiger partial charge >= 0.3 is 11.9 Å². The van der Waals surface area contributed by atoms with Crippen LogP contribution in [0.1, 0.15) is 13.3 Å². The number of amides is 1. The minimum absolute atomic E-state index is 0.702. The lowest BCUT2D eigenvalue weighted by molar-refractivity contribution is -0.143. The molecule has 0 aliphatic rings. The zero-order valence-electron chi connectivity index (χ0n) is 5.98. The number of carbonyl (C=O) groups is 1. The molecule has 0 heterocycles. The van der Waals surface area contributed by atoms with Crippen molar-refractivity contribution in [1.82, 2.24) is 5.09 Å². The number of rotatable bonds is 3. The van der Waals surface area contributed by atoms with Crippen LogP contribution in [0.5, 0.6) is 0 Å². The van der Waals surface area contributed by atoms with E-state index in [0.717, 1.165) is 6.92 Å². The van der Waals surface area contributed by atoms with Crippen LogP contribution in [-0.2, 0) is 9.36 Å². The fraction of sp³-hybridized carbons (Fsp3) is 0.750. The van der Waals surface area contributed by atoms with Gasteiger partial charge in [-0.3, -0.25) is 14.4 Å². The van der Waals surface area contributed by atoms with Gasteiger partial charge in [0.2, 0.25) is 0 Å². The third kappa shape index (κ3) is 4.24. The fourth-order valence-corrected chi connectivity index (χ4v) is 1.22. The summed E-state index contributed by atoms with van der Waals surface area (Å²) >= 11 is 9.69. The molecule has 0 saturated carbocycles. The molecule has 0 aliphatic heterocycles. The van der Waals surface area contributed by atoms with E-state index in [2.05, 4.69) is 0 Å². The van der Waals surface area contributed by atoms with Gasteiger partial charge in [0.05, 0.1) is 0 Å². The van der Waals surface area contributed by atoms with Crippen LogP contribution in [-0.4, -0.2) is 11.8 Å². The number of alkyl halides is 2. The van der Waals surface area contributed by atoms with Crippen LogP contribution in [0.4, 0.5) is 8.78 Å². The molecule has 0 fully saturated rings. The number of hydrogen-bond acceptors (Lipinski definition) is 2. The molecule has 0 aromatic heterocycles. The molecular weight excluding hydrogens is 234 g/mol. The summed E-state index contributed by atoms with van der Waals surface area (Å²) in [6.45, 7) is 1.10. The van der Waals surface area contributed by atoms with E-state index in [-0.39, 0.29) is 0 Å². The Bertz CT molecular complexity index is 229. The highest BCUT2D eigenvalue weighted by molar-refractivity contribution is 8.07. The van der Waals surface area contributed by atoms with E-state index >= 15 is 0 Å². The number of nitrogens with one attached hydrogen (secondary N) is 1. The summed E-state index contributed by atoms with van der Waals surface area (Å²) in [5, 5.41) is 1.31. The molecule has 0 unspecified atom stereocenters. The highest BCUT2D eigenvalue weighted by atomic mass is 35.9. The van der Waals surface area contributed by atoms with Gasteiger partial charge in [0, 0.05) is 6.42 Å². The summed E-state index contributed by atoms with van der Waals surface area (Å²) in [6, 6.07) is 0. The second-order valence-corrected chi connectivity index (χ2v) is 6.48. The predicted octanol–water partition coefficient (Wildman–Crippen LogP) is 2.73. The fourth-order valence-electron chi connectivity index (χ4n) is 0.361. The van der Waals surface area contributed by atoms with Gasteiger partial charge < -0.3 is 0 Å². The third-order valence-electron chi connectivity index (χ3n) is 1.01. The van der Waals surface area contributed by atoms with Gasteiger partial charge in [-0.05, 0) is 22.5 Å². The van der Waals surface area contributed by atoms with E-state index in [9.17, 15) is 18.1 Å². The molecule has 1 N–H and O–H groups in total. The lowest BCUT2D eigenvalue weighted by atomic mass is 10.2. The Morgan fingerprint density at radius 3 is 2.25 bits per heavy atom. The third-order valence-corrected chi connectivity index (χ3v) is 1.98. The SMILES string of the molecule is CCC(F)(F)C(=O)NP(=O)(Cl)Cl. The van der Waals surface area contributed by atoms with Crippen LogP contribution in [0.15, 0.2) is 0 Å². The Labute approximate surface area is 77.4 Å². The van der Waals surface area contributed by atoms with Crippen molar-refractivity contribution in [2.75, 3.05) is 0 Å². The molecule has 1 amide bonds. The summed E-state index contributed by atoms with van der Waals surface area (Å²) < 4.78 is 35.3. The maximum absolute atomic E-state index is 12.4. The first-order chi connectivity index (χ1) is 5.19. The summed E-state index contributed by atoms with van der Waals surface area (Å²) in [4.78, 5) is 10.5. The topological polar surface area (TPSA) is 46.2 Å². The minimum atomic E-state index is -3.97. The highest BCUT2D eigenvalue weighted by Gasteiger charge is 2.39. The van der Waals surface area contributed by atoms with Crippen molar-refractivity contribution < 1.29 is 18.1 Å². The maximum Gasteiger partial charge on any atom is 0.345 e. The van der Waals surface area contributed by atoms with Gasteiger partial charge in [-0.15, -0.1) is 0 Å². The smallest absolute Gasteiger partial charge is 0.278 e. The van der Waals surface area contributed by atoms with Crippen LogP contribution in [0.25, 0.3) is 0 Å². The molecule has 0 atom stereocenters. The second-order valence-electron chi connectivity index (χ2n) is 1.96. The van der Waals surface area contributed by atoms with Crippen LogP contribution in [0, 0.1) is 0 Å². The Morgan fingerprint density at radius 1 is 1.58 bits per heavy atom. The van der Waals surface area contributed by atoms with Gasteiger partial charge in [0.15, 0.2) is 0 Å². The monoisotopic (exact) mass is 239 g/mol. The first kappa shape index (κ1) is 12.1. The molecule has 8 heteroatoms. The average molecular weight is 240 g/mol. The maximum atomic E-state index is 12.4. The van der Waals surface area contributed by atoms with Crippen molar-refractivity contribution >= 4 is 34.4 Å². The summed E-state index contributed by atoms with van der Waals surface area (Å²) in [6.07, 6.45) is -0.702. The van der Waals surface area contributed by atoms with E-state index in [4.69, 9.17) is 22.5 Å². The normalized spacial score (nSPS) is 12.8. The number of hydrogen-bond donors (Lipinski definition) is 1. The standard InChI is InChI=1S/C4H6Cl2F2NO2P/c1-2-4(7,8)3(10)9-12(5,6)11/h2H2,1H3,(H,9,10,11). The van der Waals surface area contributed by atoms with Gasteiger partial charge in [0.25, 0.3) is 5.91 Å². The quantitative estimate of drug-likeness (QED) is 0.770. The number of halogens is 4. The second kappa shape index (κ2) is 3.90. The lowest BCUT2D eigenvalue weighted by Gasteiger charge is -2.13. The molecule has 72 valence electrons. The van der Waals surface area contributed by atoms with Crippen LogP contribution < -0.4 is 5.09 Å². The molecule has 0 aromatic rings. The van der Waals surface area contributed by atoms with Gasteiger partial charge in [-0.25, -0.2) is 0 Å². The molecule has 0 saturated heterocycles. The van der Waals surface area contributed by atoms with Crippen LogP contribution >= 0.6 is 28.5 Å². The zero-order chi connectivity index (χ0) is 9.99. The van der Waals surface area contributed by atoms with Gasteiger partial charge in [-0.1, -0.05) is 6.92 Å². The van der Waals surface area contributed by atoms with Crippen molar-refractivity contribution in [3.05, 3.63) is 0 Å². The average Bonchev–Trinajstić information content (AvgIpc) is 1.84. The molecule has 0 rings (SSSR count). The van der Waals surface area contributed by atoms with E-state index in [1.807, 2.05) is 0 Å². The van der Waals surface area contributed by atoms with Crippen LogP contribution in [0.3, 0.4) is 0 Å². The molecule has 0 bridgehead atoms. The van der Waals surface area contributed by atoms with Crippen molar-refractivity contribution in [3.8, 4) is 0 Å². The van der Waals surface area contributed by atoms with E-state index in [1.54, 1.807) is 0 Å². The highest BCUT2D eigenvalue weighted by Crippen LogP contribution is 2.52. The molecule has 0 spiro atoms. The summed E-state index contributed by atoms with van der Waals surface area (Å²) in [5.41, 5.74) is 0. The molecule has 3 nitrogen and oxygen atoms in total. The van der Waals surface area contributed by atoms with Crippen molar-refractivity contribution in [2.24, 2.45) is 0 Å². The summed E-state index contributed by atoms with van der Waals surface area (Å²) in [7, 11) is 0. The van der Waals surface area contributed by atoms with E-state index in [0.29, 0.717) is 0 Å². The molecular formula is C4H6Cl2F2NO2P. The molecule has 0 radical (unpaired) electrons. The van der Waals surface area contributed by atoms with Gasteiger partial charge in [0.1, 0.15) is 0 Å². The van der Waals surface area contributed by atoms with E-state index in [1.165, 1.54) is 5.09 Å². The Kier molecular flexibility index (Phi) is 3.94. The van der Waals surface area contributed by atoms with Crippen molar-refractivity contribution in [2.45, 2.75) is 19.3 Å².